The summed E-state index contributed by atoms with van der Waals surface area (Å²) in [5.41, 5.74) is 0. The molecule has 0 radical (unpaired) electrons. The molecule has 7 N–H and O–H groups in total. The second kappa shape index (κ2) is 33.5. The molecule has 16 nitrogen and oxygen atoms in total. The van der Waals surface area contributed by atoms with Crippen LogP contribution in [0.15, 0.2) is 0 Å². The molecule has 1 aliphatic carbocycles. The predicted molar refractivity (Wildman–Crippen MR) is 258 cm³/mol. The monoisotopic (exact) mass is 936 g/mol. The minimum atomic E-state index is -5.35. The molecule has 0 spiro atoms. The van der Waals surface area contributed by atoms with Crippen molar-refractivity contribution in [2.45, 2.75) is 140 Å². The van der Waals surface area contributed by atoms with E-state index in [-0.39, 0.29) is 41.3 Å². The third kappa shape index (κ3) is 28.1. The molecule has 1 fully saturated rings. The quantitative estimate of drug-likeness (QED) is 0.0198. The van der Waals surface area contributed by atoms with Crippen molar-refractivity contribution in [3.05, 3.63) is 0 Å². The lowest BCUT2D eigenvalue weighted by atomic mass is 9.85. The number of esters is 2. The van der Waals surface area contributed by atoms with E-state index in [2.05, 4.69) is 100 Å². The molecule has 0 aromatic carbocycles. The number of aliphatic hydroxyl groups is 4. The highest BCUT2D eigenvalue weighted by atomic mass is 32.1. The third-order valence-electron chi connectivity index (χ3n) is 8.15. The second-order valence-corrected chi connectivity index (χ2v) is 15.6. The molecule has 0 amide bonds. The van der Waals surface area contributed by atoms with Gasteiger partial charge in [-0.3, -0.25) is 18.4 Å². The SMILES string of the molecule is C#CC#CC#CC#CC#CC#CC#CC#CC(=O)OC[C@H](COP(=O)(O)OC1C(O)[C@H](O)C(OP(=O)(O)O)C(O)[C@@H]1O)OC(=O)CCCCCCCCCCCCCCC.S.[HH].[HH].[HH].[HH].[HH].[HH].[HH].[HH].[HH].[HH].[HH].[HH].[HH].[HH].[HH]. The molecule has 8 atom stereocenters. The predicted octanol–water partition coefficient (Wildman–Crippen LogP) is 5.82. The number of hydrogen-bond donors (Lipinski definition) is 7. The van der Waals surface area contributed by atoms with Crippen molar-refractivity contribution in [1.29, 1.82) is 0 Å². The minimum Gasteiger partial charge on any atom is -0.456 e. The van der Waals surface area contributed by atoms with Crippen molar-refractivity contribution in [2.24, 2.45) is 0 Å². The van der Waals surface area contributed by atoms with Crippen LogP contribution in [0.4, 0.5) is 0 Å². The Morgan fingerprint density at radius 2 is 1.00 bits per heavy atom. The topological polar surface area (TPSA) is 256 Å². The summed E-state index contributed by atoms with van der Waals surface area (Å²) in [6, 6.07) is 0. The molecule has 0 saturated heterocycles. The molecule has 19 heteroatoms. The van der Waals surface area contributed by atoms with Crippen LogP contribution in [0.25, 0.3) is 0 Å². The van der Waals surface area contributed by atoms with E-state index in [1.54, 1.807) is 0 Å². The molecule has 5 unspecified atom stereocenters. The summed E-state index contributed by atoms with van der Waals surface area (Å²) in [6.45, 7) is 0.522. The number of carbonyl (C=O) groups is 2. The Labute approximate surface area is 387 Å². The zero-order valence-corrected chi connectivity index (χ0v) is 36.4. The van der Waals surface area contributed by atoms with Crippen molar-refractivity contribution >= 4 is 41.1 Å². The van der Waals surface area contributed by atoms with Gasteiger partial charge in [0.25, 0.3) is 0 Å². The maximum absolute atomic E-state index is 12.8. The zero-order valence-electron chi connectivity index (χ0n) is 33.6. The number of aliphatic hydroxyl groups excluding tert-OH is 4. The van der Waals surface area contributed by atoms with Crippen molar-refractivity contribution < 1.29 is 98.3 Å². The van der Waals surface area contributed by atoms with Gasteiger partial charge in [-0.05, 0) is 89.3 Å². The number of phosphoric acid groups is 2. The van der Waals surface area contributed by atoms with Crippen LogP contribution in [-0.4, -0.2) is 103 Å². The molecule has 1 rings (SSSR count). The lowest BCUT2D eigenvalue weighted by Crippen LogP contribution is -2.64. The summed E-state index contributed by atoms with van der Waals surface area (Å²) in [5.74, 6) is 32.9. The molecule has 0 heterocycles. The number of terminal acetylenes is 1. The summed E-state index contributed by atoms with van der Waals surface area (Å²) in [4.78, 5) is 53.3. The highest BCUT2D eigenvalue weighted by Gasteiger charge is 2.54. The third-order valence-corrected chi connectivity index (χ3v) is 9.66. The number of carbonyl (C=O) groups excluding carboxylic acids is 2. The summed E-state index contributed by atoms with van der Waals surface area (Å²) < 4.78 is 48.3. The molecule has 1 saturated carbocycles. The molecule has 1 aliphatic rings. The maximum atomic E-state index is 12.8. The van der Waals surface area contributed by atoms with Crippen molar-refractivity contribution in [3.8, 4) is 95.2 Å². The van der Waals surface area contributed by atoms with Gasteiger partial charge in [0, 0.05) is 33.7 Å². The van der Waals surface area contributed by atoms with E-state index in [0.717, 1.165) is 32.1 Å². The van der Waals surface area contributed by atoms with Gasteiger partial charge in [-0.1, -0.05) is 84.0 Å². The van der Waals surface area contributed by atoms with Gasteiger partial charge in [0.2, 0.25) is 0 Å². The van der Waals surface area contributed by atoms with Gasteiger partial charge >= 0.3 is 27.6 Å². The summed E-state index contributed by atoms with van der Waals surface area (Å²) >= 11 is 0. The van der Waals surface area contributed by atoms with Crippen molar-refractivity contribution in [3.63, 3.8) is 0 Å². The number of hydrogen-bond acceptors (Lipinski definition) is 13. The fourth-order valence-electron chi connectivity index (χ4n) is 5.27. The van der Waals surface area contributed by atoms with Gasteiger partial charge in [0.1, 0.15) is 43.2 Å². The molecular weight excluding hydrogens is 854 g/mol. The molecule has 61 heavy (non-hydrogen) atoms. The van der Waals surface area contributed by atoms with E-state index < -0.39 is 83.5 Å². The lowest BCUT2D eigenvalue weighted by Gasteiger charge is -2.43. The molecule has 362 valence electrons. The van der Waals surface area contributed by atoms with E-state index in [4.69, 9.17) is 34.7 Å². The van der Waals surface area contributed by atoms with Crippen LogP contribution >= 0.6 is 29.1 Å². The fraction of sp³-hybridized carbons (Fsp3) is 0.571. The fourth-order valence-corrected chi connectivity index (χ4v) is 6.80. The number of phosphoric ester groups is 2. The normalized spacial score (nSPS) is 20.0. The molecule has 0 aromatic rings. The Morgan fingerprint density at radius 3 is 1.43 bits per heavy atom. The highest BCUT2D eigenvalue weighted by molar-refractivity contribution is 7.59. The van der Waals surface area contributed by atoms with Gasteiger partial charge in [-0.2, -0.15) is 13.5 Å². The van der Waals surface area contributed by atoms with Gasteiger partial charge in [0.05, 0.1) is 6.61 Å². The van der Waals surface area contributed by atoms with E-state index in [1.165, 1.54) is 44.9 Å². The average Bonchev–Trinajstić information content (AvgIpc) is 3.20. The van der Waals surface area contributed by atoms with E-state index >= 15 is 0 Å². The van der Waals surface area contributed by atoms with E-state index in [1.807, 2.05) is 0 Å². The Hall–Kier alpha value is -4.17. The lowest BCUT2D eigenvalue weighted by molar-refractivity contribution is -0.216. The maximum Gasteiger partial charge on any atom is 0.472 e. The van der Waals surface area contributed by atoms with Gasteiger partial charge in [0.15, 0.2) is 6.10 Å². The number of ether oxygens (including phenoxy) is 2. The molecular formula is C42H82O16P2S. The molecule has 0 aromatic heterocycles. The first-order valence-corrected chi connectivity index (χ1v) is 22.1. The van der Waals surface area contributed by atoms with Crippen LogP contribution in [0.1, 0.15) is 118 Å². The summed E-state index contributed by atoms with van der Waals surface area (Å²) in [7, 11) is -10.7. The smallest absolute Gasteiger partial charge is 0.456 e. The first-order chi connectivity index (χ1) is 28.6. The van der Waals surface area contributed by atoms with Gasteiger partial charge in [-0.15, -0.1) is 6.42 Å². The summed E-state index contributed by atoms with van der Waals surface area (Å²) in [5, 5.41) is 41.2. The average molecular weight is 937 g/mol. The van der Waals surface area contributed by atoms with Crippen LogP contribution < -0.4 is 0 Å². The number of unbranched alkanes of at least 4 members (excludes halogenated alkanes) is 12. The van der Waals surface area contributed by atoms with Crippen molar-refractivity contribution in [1.82, 2.24) is 0 Å². The number of rotatable bonds is 24. The molecule has 0 aliphatic heterocycles. The molecule has 0 bridgehead atoms. The van der Waals surface area contributed by atoms with Crippen molar-refractivity contribution in [2.75, 3.05) is 13.2 Å². The highest BCUT2D eigenvalue weighted by Crippen LogP contribution is 2.48. The Balaban J connectivity index is -0.000000161. The Kier molecular flexibility index (Phi) is 31.2. The van der Waals surface area contributed by atoms with Crippen LogP contribution in [0.2, 0.25) is 0 Å². The largest absolute Gasteiger partial charge is 0.472 e. The van der Waals surface area contributed by atoms with Crippen LogP contribution in [0.3, 0.4) is 0 Å². The second-order valence-electron chi connectivity index (χ2n) is 13.0. The standard InChI is InChI=1S/C42H50O16P2.H2S.15H2/c1-3-5-7-9-11-13-15-17-19-20-22-24-26-28-30-35(43)54-32-34(56-36(44)31-29-27-25-23-21-18-16-14-12-10-8-6-4-2)33-55-60(52,53)58-42-39(47)37(45)41(38(46)40(42)48)57-59(49,50)51;;;;;;;;;;;;;;;;/h1,34,37-42,45-48H,4,6,8,10,12,14,16,18,21,23,25,27,29,31-33H2,2H3,(H,52,53)(H2,49,50,51);1H2;15*1H/t34-,37+,38?,39?,40+,41?,42?;;;;;;;;;;;;;;;;/m1................/s1. The summed E-state index contributed by atoms with van der Waals surface area (Å²) in [6.07, 6.45) is 3.79. The van der Waals surface area contributed by atoms with Crippen LogP contribution in [0, 0.1) is 95.2 Å². The van der Waals surface area contributed by atoms with Crippen LogP contribution in [-0.2, 0) is 41.8 Å². The first-order valence-electron chi connectivity index (χ1n) is 19.1. The Morgan fingerprint density at radius 1 is 0.607 bits per heavy atom. The van der Waals surface area contributed by atoms with Gasteiger partial charge < -0.3 is 44.6 Å². The minimum absolute atomic E-state index is 0. The Bertz CT molecular complexity index is 2020. The van der Waals surface area contributed by atoms with E-state index in [9.17, 15) is 44.0 Å². The van der Waals surface area contributed by atoms with Gasteiger partial charge in [-0.25, -0.2) is 13.9 Å². The zero-order chi connectivity index (χ0) is 44.7. The van der Waals surface area contributed by atoms with E-state index in [0.29, 0.717) is 6.42 Å². The van der Waals surface area contributed by atoms with Crippen LogP contribution in [0.5, 0.6) is 0 Å². The first kappa shape index (κ1) is 56.8.